The van der Waals surface area contributed by atoms with Crippen molar-refractivity contribution >= 4 is 0 Å². The fourth-order valence-corrected chi connectivity index (χ4v) is 2.23. The Hall–Kier alpha value is -1.06. The number of aliphatic hydroxyl groups excluding tert-OH is 1. The van der Waals surface area contributed by atoms with Gasteiger partial charge in [-0.3, -0.25) is 0 Å². The van der Waals surface area contributed by atoms with Crippen molar-refractivity contribution in [2.24, 2.45) is 5.92 Å². The number of hydrogen-bond acceptors (Lipinski definition) is 3. The van der Waals surface area contributed by atoms with Crippen LogP contribution in [0.15, 0.2) is 18.2 Å². The smallest absolute Gasteiger partial charge is 0.124 e. The van der Waals surface area contributed by atoms with Crippen molar-refractivity contribution < 1.29 is 14.6 Å². The van der Waals surface area contributed by atoms with Crippen LogP contribution in [-0.2, 0) is 11.3 Å². The van der Waals surface area contributed by atoms with E-state index in [1.807, 2.05) is 25.1 Å². The van der Waals surface area contributed by atoms with Crippen LogP contribution < -0.4 is 4.74 Å². The molecule has 3 nitrogen and oxygen atoms in total. The van der Waals surface area contributed by atoms with E-state index in [9.17, 15) is 5.11 Å². The highest BCUT2D eigenvalue weighted by atomic mass is 16.5. The molecule has 0 fully saturated rings. The Bertz CT molecular complexity index is 399. The summed E-state index contributed by atoms with van der Waals surface area (Å²) in [5.74, 6) is 1.47. The van der Waals surface area contributed by atoms with Crippen LogP contribution in [-0.4, -0.2) is 17.8 Å². The molecule has 2 atom stereocenters. The van der Waals surface area contributed by atoms with Crippen LogP contribution in [0.3, 0.4) is 0 Å². The van der Waals surface area contributed by atoms with Crippen molar-refractivity contribution in [2.75, 3.05) is 6.61 Å². The first-order chi connectivity index (χ1) is 9.43. The summed E-state index contributed by atoms with van der Waals surface area (Å²) in [6.45, 7) is 11.4. The molecule has 2 unspecified atom stereocenters. The highest BCUT2D eigenvalue weighted by Gasteiger charge is 2.11. The molecule has 114 valence electrons. The van der Waals surface area contributed by atoms with E-state index >= 15 is 0 Å². The zero-order valence-corrected chi connectivity index (χ0v) is 13.3. The lowest BCUT2D eigenvalue weighted by molar-refractivity contribution is 0.0384. The zero-order valence-electron chi connectivity index (χ0n) is 13.3. The Kier molecular flexibility index (Phi) is 7.03. The van der Waals surface area contributed by atoms with Crippen molar-refractivity contribution in [2.45, 2.75) is 59.9 Å². The summed E-state index contributed by atoms with van der Waals surface area (Å²) in [6.07, 6.45) is 0.789. The molecular weight excluding hydrogens is 252 g/mol. The number of hydrogen-bond donors (Lipinski definition) is 1. The minimum Gasteiger partial charge on any atom is -0.494 e. The molecule has 1 aromatic carbocycles. The highest BCUT2D eigenvalue weighted by molar-refractivity contribution is 5.37. The predicted octanol–water partition coefficient (Wildman–Crippen LogP) is 4.09. The van der Waals surface area contributed by atoms with Gasteiger partial charge in [0.15, 0.2) is 0 Å². The molecule has 0 aliphatic rings. The normalized spacial score (nSPS) is 14.3. The Balaban J connectivity index is 2.76. The minimum absolute atomic E-state index is 0.222. The first-order valence-corrected chi connectivity index (χ1v) is 7.49. The van der Waals surface area contributed by atoms with Crippen molar-refractivity contribution in [3.8, 4) is 5.75 Å². The topological polar surface area (TPSA) is 38.7 Å². The molecule has 1 rings (SSSR count). The van der Waals surface area contributed by atoms with E-state index in [0.29, 0.717) is 19.1 Å². The molecule has 0 heterocycles. The molecule has 3 heteroatoms. The van der Waals surface area contributed by atoms with Crippen molar-refractivity contribution in [1.29, 1.82) is 0 Å². The van der Waals surface area contributed by atoms with Gasteiger partial charge < -0.3 is 14.6 Å². The van der Waals surface area contributed by atoms with Gasteiger partial charge in [0.05, 0.1) is 25.4 Å². The molecular formula is C17H28O3. The van der Waals surface area contributed by atoms with E-state index in [0.717, 1.165) is 23.3 Å². The molecule has 0 saturated heterocycles. The number of benzene rings is 1. The summed E-state index contributed by atoms with van der Waals surface area (Å²) in [4.78, 5) is 0. The standard InChI is InChI=1S/C17H28O3/c1-6-19-17-8-7-15(14(5)18)10-16(17)11-20-13(4)9-12(2)3/h7-8,10,12-14,18H,6,9,11H2,1-5H3. The lowest BCUT2D eigenvalue weighted by atomic mass is 10.1. The first kappa shape index (κ1) is 17.0. The van der Waals surface area contributed by atoms with Gasteiger partial charge in [0.1, 0.15) is 5.75 Å². The number of ether oxygens (including phenoxy) is 2. The average Bonchev–Trinajstić information content (AvgIpc) is 2.36. The molecule has 0 amide bonds. The van der Waals surface area contributed by atoms with E-state index < -0.39 is 6.10 Å². The van der Waals surface area contributed by atoms with E-state index in [1.165, 1.54) is 0 Å². The van der Waals surface area contributed by atoms with Crippen LogP contribution in [0, 0.1) is 5.92 Å². The molecule has 0 saturated carbocycles. The number of rotatable bonds is 8. The fraction of sp³-hybridized carbons (Fsp3) is 0.647. The van der Waals surface area contributed by atoms with Gasteiger partial charge in [0, 0.05) is 5.56 Å². The summed E-state index contributed by atoms with van der Waals surface area (Å²) in [6, 6.07) is 5.78. The Morgan fingerprint density at radius 2 is 1.85 bits per heavy atom. The molecule has 1 N–H and O–H groups in total. The first-order valence-electron chi connectivity index (χ1n) is 7.49. The molecule has 0 aliphatic heterocycles. The molecule has 0 spiro atoms. The average molecular weight is 280 g/mol. The van der Waals surface area contributed by atoms with Crippen molar-refractivity contribution in [1.82, 2.24) is 0 Å². The molecule has 20 heavy (non-hydrogen) atoms. The van der Waals surface area contributed by atoms with Gasteiger partial charge in [-0.2, -0.15) is 0 Å². The van der Waals surface area contributed by atoms with E-state index in [2.05, 4.69) is 20.8 Å². The second kappa shape index (κ2) is 8.28. The fourth-order valence-electron chi connectivity index (χ4n) is 2.23. The summed E-state index contributed by atoms with van der Waals surface area (Å²) in [7, 11) is 0. The van der Waals surface area contributed by atoms with Crippen LogP contribution >= 0.6 is 0 Å². The van der Waals surface area contributed by atoms with Crippen LogP contribution in [0.1, 0.15) is 58.3 Å². The Labute approximate surface area is 122 Å². The summed E-state index contributed by atoms with van der Waals surface area (Å²) in [5, 5.41) is 9.68. The lowest BCUT2D eigenvalue weighted by Gasteiger charge is -2.18. The van der Waals surface area contributed by atoms with E-state index in [1.54, 1.807) is 6.92 Å². The summed E-state index contributed by atoms with van der Waals surface area (Å²) in [5.41, 5.74) is 1.89. The quantitative estimate of drug-likeness (QED) is 0.779. The highest BCUT2D eigenvalue weighted by Crippen LogP contribution is 2.25. The van der Waals surface area contributed by atoms with Gasteiger partial charge in [-0.25, -0.2) is 0 Å². The van der Waals surface area contributed by atoms with Gasteiger partial charge in [0.25, 0.3) is 0 Å². The molecule has 1 aromatic rings. The monoisotopic (exact) mass is 280 g/mol. The Morgan fingerprint density at radius 1 is 1.15 bits per heavy atom. The second-order valence-corrected chi connectivity index (χ2v) is 5.73. The number of aliphatic hydroxyl groups is 1. The van der Waals surface area contributed by atoms with Gasteiger partial charge in [-0.05, 0) is 50.8 Å². The van der Waals surface area contributed by atoms with Crippen LogP contribution in [0.2, 0.25) is 0 Å². The minimum atomic E-state index is -0.475. The zero-order chi connectivity index (χ0) is 15.1. The van der Waals surface area contributed by atoms with Crippen LogP contribution in [0.25, 0.3) is 0 Å². The molecule has 0 aromatic heterocycles. The Morgan fingerprint density at radius 3 is 2.40 bits per heavy atom. The second-order valence-electron chi connectivity index (χ2n) is 5.73. The maximum atomic E-state index is 9.68. The maximum Gasteiger partial charge on any atom is 0.124 e. The van der Waals surface area contributed by atoms with Gasteiger partial charge in [0.2, 0.25) is 0 Å². The summed E-state index contributed by atoms with van der Waals surface area (Å²) < 4.78 is 11.5. The third-order valence-corrected chi connectivity index (χ3v) is 3.19. The van der Waals surface area contributed by atoms with Crippen LogP contribution in [0.4, 0.5) is 0 Å². The SMILES string of the molecule is CCOc1ccc(C(C)O)cc1COC(C)CC(C)C. The third-order valence-electron chi connectivity index (χ3n) is 3.19. The van der Waals surface area contributed by atoms with E-state index in [-0.39, 0.29) is 6.10 Å². The molecule has 0 bridgehead atoms. The third kappa shape index (κ3) is 5.51. The van der Waals surface area contributed by atoms with E-state index in [4.69, 9.17) is 9.47 Å². The van der Waals surface area contributed by atoms with Gasteiger partial charge in [-0.1, -0.05) is 19.9 Å². The molecule has 0 radical (unpaired) electrons. The van der Waals surface area contributed by atoms with Crippen molar-refractivity contribution in [3.63, 3.8) is 0 Å². The van der Waals surface area contributed by atoms with Gasteiger partial charge in [-0.15, -0.1) is 0 Å². The largest absolute Gasteiger partial charge is 0.494 e. The summed E-state index contributed by atoms with van der Waals surface area (Å²) >= 11 is 0. The van der Waals surface area contributed by atoms with Crippen LogP contribution in [0.5, 0.6) is 5.75 Å². The van der Waals surface area contributed by atoms with Crippen molar-refractivity contribution in [3.05, 3.63) is 29.3 Å². The lowest BCUT2D eigenvalue weighted by Crippen LogP contribution is -2.12. The maximum absolute atomic E-state index is 9.68. The predicted molar refractivity (Wildman–Crippen MR) is 82.0 cm³/mol. The van der Waals surface area contributed by atoms with Gasteiger partial charge >= 0.3 is 0 Å². The molecule has 0 aliphatic carbocycles.